The predicted molar refractivity (Wildman–Crippen MR) is 36.5 cm³/mol. The van der Waals surface area contributed by atoms with E-state index >= 15 is 0 Å². The molecule has 0 N–H and O–H groups in total. The van der Waals surface area contributed by atoms with Crippen molar-refractivity contribution in [3.05, 3.63) is 11.6 Å². The molecule has 0 saturated heterocycles. The first kappa shape index (κ1) is 8.88. The lowest BCUT2D eigenvalue weighted by molar-refractivity contribution is -0.141. The van der Waals surface area contributed by atoms with Crippen LogP contribution in [0.4, 0.5) is 0 Å². The number of hydrogen-bond donors (Lipinski definition) is 0. The maximum absolute atomic E-state index is 10.7. The molecule has 0 aromatic carbocycles. The Labute approximate surface area is 59.7 Å². The first-order valence-corrected chi connectivity index (χ1v) is 2.96. The van der Waals surface area contributed by atoms with Crippen molar-refractivity contribution < 1.29 is 14.3 Å². The topological polar surface area (TPSA) is 43.4 Å². The monoisotopic (exact) mass is 142 g/mol. The minimum absolute atomic E-state index is 0.163. The maximum Gasteiger partial charge on any atom is 0.333 e. The van der Waals surface area contributed by atoms with Gasteiger partial charge in [-0.3, -0.25) is 4.79 Å². The first-order chi connectivity index (χ1) is 4.72. The Morgan fingerprint density at radius 3 is 2.60 bits per heavy atom. The molecule has 0 fully saturated rings. The third kappa shape index (κ3) is 3.02. The largest absolute Gasteiger partial charge is 0.455 e. The van der Waals surface area contributed by atoms with Gasteiger partial charge in [0.25, 0.3) is 0 Å². The molecule has 0 saturated carbocycles. The number of carbonyl (C=O) groups excluding carboxylic acids is 2. The summed E-state index contributed by atoms with van der Waals surface area (Å²) in [5.41, 5.74) is 0.516. The van der Waals surface area contributed by atoms with Crippen LogP contribution in [-0.4, -0.2) is 18.9 Å². The molecule has 0 aliphatic rings. The summed E-state index contributed by atoms with van der Waals surface area (Å²) in [6.07, 6.45) is 2.17. The highest BCUT2D eigenvalue weighted by Crippen LogP contribution is 1.93. The Morgan fingerprint density at radius 1 is 1.60 bits per heavy atom. The van der Waals surface area contributed by atoms with Crippen LogP contribution in [0.1, 0.15) is 13.8 Å². The molecular formula is C7H10O3. The Hall–Kier alpha value is -1.12. The zero-order valence-corrected chi connectivity index (χ0v) is 6.09. The third-order valence-corrected chi connectivity index (χ3v) is 1.04. The molecule has 0 aliphatic carbocycles. The summed E-state index contributed by atoms with van der Waals surface area (Å²) in [5.74, 6) is -0.436. The molecule has 0 bridgehead atoms. The Kier molecular flexibility index (Phi) is 4.20. The second kappa shape index (κ2) is 4.73. The number of carbonyl (C=O) groups is 2. The summed E-state index contributed by atoms with van der Waals surface area (Å²) in [6.45, 7) is 3.20. The van der Waals surface area contributed by atoms with Crippen molar-refractivity contribution in [3.63, 3.8) is 0 Å². The molecule has 0 radical (unpaired) electrons. The lowest BCUT2D eigenvalue weighted by Crippen LogP contribution is -2.07. The van der Waals surface area contributed by atoms with Gasteiger partial charge in [-0.2, -0.15) is 0 Å². The minimum Gasteiger partial charge on any atom is -0.455 e. The van der Waals surface area contributed by atoms with E-state index in [1.807, 2.05) is 0 Å². The smallest absolute Gasteiger partial charge is 0.333 e. The minimum atomic E-state index is -0.436. The first-order valence-electron chi connectivity index (χ1n) is 2.96. The van der Waals surface area contributed by atoms with E-state index in [4.69, 9.17) is 0 Å². The average molecular weight is 142 g/mol. The highest BCUT2D eigenvalue weighted by atomic mass is 16.5. The molecule has 0 atom stereocenters. The fraction of sp³-hybridized carbons (Fsp3) is 0.429. The fourth-order valence-corrected chi connectivity index (χ4v) is 0.341. The molecule has 0 rings (SSSR count). The van der Waals surface area contributed by atoms with E-state index in [1.54, 1.807) is 19.9 Å². The van der Waals surface area contributed by atoms with Crippen LogP contribution in [0, 0.1) is 0 Å². The van der Waals surface area contributed by atoms with Gasteiger partial charge in [-0.15, -0.1) is 0 Å². The fourth-order valence-electron chi connectivity index (χ4n) is 0.341. The molecule has 3 nitrogen and oxygen atoms in total. The summed E-state index contributed by atoms with van der Waals surface area (Å²) in [5, 5.41) is 0. The van der Waals surface area contributed by atoms with E-state index < -0.39 is 5.97 Å². The molecule has 0 heterocycles. The normalized spacial score (nSPS) is 10.8. The van der Waals surface area contributed by atoms with Crippen LogP contribution >= 0.6 is 0 Å². The molecule has 10 heavy (non-hydrogen) atoms. The summed E-state index contributed by atoms with van der Waals surface area (Å²) in [7, 11) is 0. The third-order valence-electron chi connectivity index (χ3n) is 1.04. The van der Waals surface area contributed by atoms with Crippen LogP contribution < -0.4 is 0 Å². The van der Waals surface area contributed by atoms with Crippen LogP contribution in [-0.2, 0) is 14.3 Å². The number of hydrogen-bond acceptors (Lipinski definition) is 3. The highest BCUT2D eigenvalue weighted by molar-refractivity contribution is 5.88. The van der Waals surface area contributed by atoms with E-state index in [1.165, 1.54) is 0 Å². The second-order valence-corrected chi connectivity index (χ2v) is 1.74. The SMILES string of the molecule is C/C=C(/C)C(=O)OCC=O. The van der Waals surface area contributed by atoms with Crippen molar-refractivity contribution in [2.24, 2.45) is 0 Å². The predicted octanol–water partition coefficient (Wildman–Crippen LogP) is 0.695. The van der Waals surface area contributed by atoms with Crippen LogP contribution in [0.5, 0.6) is 0 Å². The van der Waals surface area contributed by atoms with Crippen molar-refractivity contribution >= 4 is 12.3 Å². The van der Waals surface area contributed by atoms with Gasteiger partial charge >= 0.3 is 5.97 Å². The van der Waals surface area contributed by atoms with Crippen LogP contribution in [0.2, 0.25) is 0 Å². The van der Waals surface area contributed by atoms with Gasteiger partial charge < -0.3 is 4.74 Å². The second-order valence-electron chi connectivity index (χ2n) is 1.74. The van der Waals surface area contributed by atoms with Crippen LogP contribution in [0.3, 0.4) is 0 Å². The van der Waals surface area contributed by atoms with Crippen LogP contribution in [0.15, 0.2) is 11.6 Å². The van der Waals surface area contributed by atoms with Gasteiger partial charge in [0.15, 0.2) is 6.29 Å². The van der Waals surface area contributed by atoms with Crippen LogP contribution in [0.25, 0.3) is 0 Å². The molecule has 0 amide bonds. The molecule has 0 aromatic rings. The Bertz CT molecular complexity index is 158. The summed E-state index contributed by atoms with van der Waals surface area (Å²) in [4.78, 5) is 20.4. The van der Waals surface area contributed by atoms with E-state index in [0.717, 1.165) is 0 Å². The van der Waals surface area contributed by atoms with Gasteiger partial charge in [-0.25, -0.2) is 4.79 Å². The molecule has 0 spiro atoms. The molecule has 0 aliphatic heterocycles. The number of rotatable bonds is 3. The molecule has 0 unspecified atom stereocenters. The summed E-state index contributed by atoms with van der Waals surface area (Å²) < 4.78 is 4.47. The zero-order chi connectivity index (χ0) is 7.98. The summed E-state index contributed by atoms with van der Waals surface area (Å²) in [6, 6.07) is 0. The number of esters is 1. The van der Waals surface area contributed by atoms with Crippen molar-refractivity contribution in [1.29, 1.82) is 0 Å². The van der Waals surface area contributed by atoms with Gasteiger partial charge in [0.05, 0.1) is 0 Å². The van der Waals surface area contributed by atoms with Crippen molar-refractivity contribution in [2.45, 2.75) is 13.8 Å². The average Bonchev–Trinajstić information content (AvgIpc) is 1.98. The van der Waals surface area contributed by atoms with Gasteiger partial charge in [0, 0.05) is 5.57 Å². The van der Waals surface area contributed by atoms with Gasteiger partial charge in [0.1, 0.15) is 6.61 Å². The van der Waals surface area contributed by atoms with E-state index in [9.17, 15) is 9.59 Å². The Morgan fingerprint density at radius 2 is 2.20 bits per heavy atom. The number of ether oxygens (including phenoxy) is 1. The molecule has 0 aromatic heterocycles. The summed E-state index contributed by atoms with van der Waals surface area (Å²) >= 11 is 0. The standard InChI is InChI=1S/C7H10O3/c1-3-6(2)7(9)10-5-4-8/h3-4H,5H2,1-2H3/b6-3-. The number of aldehydes is 1. The highest BCUT2D eigenvalue weighted by Gasteiger charge is 2.01. The molecule has 3 heteroatoms. The zero-order valence-electron chi connectivity index (χ0n) is 6.09. The molecular weight excluding hydrogens is 132 g/mol. The maximum atomic E-state index is 10.7. The lowest BCUT2D eigenvalue weighted by atomic mass is 10.3. The lowest BCUT2D eigenvalue weighted by Gasteiger charge is -1.97. The van der Waals surface area contributed by atoms with Crippen molar-refractivity contribution in [2.75, 3.05) is 6.61 Å². The van der Waals surface area contributed by atoms with E-state index in [2.05, 4.69) is 4.74 Å². The van der Waals surface area contributed by atoms with Crippen molar-refractivity contribution in [3.8, 4) is 0 Å². The van der Waals surface area contributed by atoms with Gasteiger partial charge in [-0.1, -0.05) is 6.08 Å². The van der Waals surface area contributed by atoms with Gasteiger partial charge in [-0.05, 0) is 13.8 Å². The van der Waals surface area contributed by atoms with Gasteiger partial charge in [0.2, 0.25) is 0 Å². The number of allylic oxidation sites excluding steroid dienone is 1. The van der Waals surface area contributed by atoms with E-state index in [-0.39, 0.29) is 6.61 Å². The Balaban J connectivity index is 3.74. The van der Waals surface area contributed by atoms with Crippen molar-refractivity contribution in [1.82, 2.24) is 0 Å². The molecule has 56 valence electrons. The quantitative estimate of drug-likeness (QED) is 0.331. The van der Waals surface area contributed by atoms with E-state index in [0.29, 0.717) is 11.9 Å².